The Balaban J connectivity index is 1.56. The zero-order chi connectivity index (χ0) is 16.6. The topological polar surface area (TPSA) is 62.7 Å². The summed E-state index contributed by atoms with van der Waals surface area (Å²) in [5.41, 5.74) is 2.28. The highest BCUT2D eigenvalue weighted by molar-refractivity contribution is 5.42. The van der Waals surface area contributed by atoms with E-state index in [-0.39, 0.29) is 6.04 Å². The maximum Gasteiger partial charge on any atom is 0.224 e. The summed E-state index contributed by atoms with van der Waals surface area (Å²) in [7, 11) is 0. The number of pyridine rings is 1. The molecule has 0 fully saturated rings. The molecule has 0 radical (unpaired) electrons. The van der Waals surface area contributed by atoms with Crippen LogP contribution in [0.15, 0.2) is 67.0 Å². The second kappa shape index (κ2) is 8.06. The molecule has 0 aliphatic rings. The third-order valence-corrected chi connectivity index (χ3v) is 3.71. The molecule has 1 aromatic carbocycles. The molecule has 2 N–H and O–H groups in total. The van der Waals surface area contributed by atoms with Gasteiger partial charge in [-0.3, -0.25) is 4.98 Å². The average molecular weight is 319 g/mol. The fourth-order valence-electron chi connectivity index (χ4n) is 2.42. The summed E-state index contributed by atoms with van der Waals surface area (Å²) in [4.78, 5) is 13.1. The summed E-state index contributed by atoms with van der Waals surface area (Å²) in [5, 5.41) is 6.65. The summed E-state index contributed by atoms with van der Waals surface area (Å²) < 4.78 is 0. The lowest BCUT2D eigenvalue weighted by atomic mass is 10.1. The van der Waals surface area contributed by atoms with Crippen LogP contribution in [0.3, 0.4) is 0 Å². The Labute approximate surface area is 142 Å². The van der Waals surface area contributed by atoms with E-state index in [9.17, 15) is 0 Å². The van der Waals surface area contributed by atoms with Crippen molar-refractivity contribution in [1.82, 2.24) is 15.0 Å². The Hall–Kier alpha value is -2.95. The van der Waals surface area contributed by atoms with Gasteiger partial charge in [0, 0.05) is 37.1 Å². The second-order valence-corrected chi connectivity index (χ2v) is 5.54. The summed E-state index contributed by atoms with van der Waals surface area (Å²) in [6, 6.07) is 18.3. The van der Waals surface area contributed by atoms with Gasteiger partial charge in [-0.25, -0.2) is 4.98 Å². The zero-order valence-electron chi connectivity index (χ0n) is 13.7. The third kappa shape index (κ3) is 4.52. The van der Waals surface area contributed by atoms with E-state index in [1.54, 1.807) is 12.4 Å². The normalized spacial score (nSPS) is 11.7. The molecule has 0 saturated carbocycles. The van der Waals surface area contributed by atoms with Gasteiger partial charge < -0.3 is 10.6 Å². The van der Waals surface area contributed by atoms with E-state index in [0.29, 0.717) is 5.95 Å². The average Bonchev–Trinajstić information content (AvgIpc) is 2.64. The molecule has 0 saturated heterocycles. The van der Waals surface area contributed by atoms with Crippen molar-refractivity contribution in [2.45, 2.75) is 19.4 Å². The van der Waals surface area contributed by atoms with Crippen molar-refractivity contribution in [1.29, 1.82) is 0 Å². The number of hydrogen-bond donors (Lipinski definition) is 2. The minimum Gasteiger partial charge on any atom is -0.363 e. The maximum atomic E-state index is 4.52. The van der Waals surface area contributed by atoms with Gasteiger partial charge in [-0.1, -0.05) is 36.4 Å². The minimum atomic E-state index is 0.183. The SMILES string of the molecule is CC(Nc1ccnc(NCCc2ccccn2)n1)c1ccccc1. The molecule has 1 unspecified atom stereocenters. The first-order valence-corrected chi connectivity index (χ1v) is 8.09. The molecule has 0 bridgehead atoms. The Morgan fingerprint density at radius 1 is 0.917 bits per heavy atom. The largest absolute Gasteiger partial charge is 0.363 e. The van der Waals surface area contributed by atoms with Crippen LogP contribution in [0.5, 0.6) is 0 Å². The fraction of sp³-hybridized carbons (Fsp3) is 0.211. The predicted molar refractivity (Wildman–Crippen MR) is 96.9 cm³/mol. The molecule has 0 aliphatic carbocycles. The van der Waals surface area contributed by atoms with Crippen molar-refractivity contribution in [3.8, 4) is 0 Å². The van der Waals surface area contributed by atoms with E-state index in [2.05, 4.69) is 44.6 Å². The minimum absolute atomic E-state index is 0.183. The van der Waals surface area contributed by atoms with Gasteiger partial charge in [0.25, 0.3) is 0 Å². The number of nitrogens with one attached hydrogen (secondary N) is 2. The lowest BCUT2D eigenvalue weighted by Gasteiger charge is -2.15. The van der Waals surface area contributed by atoms with Gasteiger partial charge in [-0.05, 0) is 30.7 Å². The molecular formula is C19H21N5. The van der Waals surface area contributed by atoms with Gasteiger partial charge in [0.2, 0.25) is 5.95 Å². The van der Waals surface area contributed by atoms with Crippen molar-refractivity contribution in [2.75, 3.05) is 17.2 Å². The summed E-state index contributed by atoms with van der Waals surface area (Å²) in [6.45, 7) is 2.86. The number of anilines is 2. The van der Waals surface area contributed by atoms with Crippen LogP contribution in [0.1, 0.15) is 24.2 Å². The Morgan fingerprint density at radius 3 is 2.54 bits per heavy atom. The monoisotopic (exact) mass is 319 g/mol. The van der Waals surface area contributed by atoms with E-state index in [0.717, 1.165) is 24.5 Å². The first-order chi connectivity index (χ1) is 11.8. The van der Waals surface area contributed by atoms with E-state index < -0.39 is 0 Å². The molecule has 0 amide bonds. The van der Waals surface area contributed by atoms with Crippen molar-refractivity contribution in [3.05, 3.63) is 78.2 Å². The summed E-state index contributed by atoms with van der Waals surface area (Å²) >= 11 is 0. The zero-order valence-corrected chi connectivity index (χ0v) is 13.7. The molecular weight excluding hydrogens is 298 g/mol. The number of nitrogens with zero attached hydrogens (tertiary/aromatic N) is 3. The smallest absolute Gasteiger partial charge is 0.224 e. The molecule has 0 spiro atoms. The molecule has 3 aromatic rings. The Bertz CT molecular complexity index is 746. The lowest BCUT2D eigenvalue weighted by Crippen LogP contribution is -2.11. The number of benzene rings is 1. The highest BCUT2D eigenvalue weighted by Gasteiger charge is 2.06. The molecule has 3 rings (SSSR count). The van der Waals surface area contributed by atoms with Crippen molar-refractivity contribution in [2.24, 2.45) is 0 Å². The quantitative estimate of drug-likeness (QED) is 0.695. The molecule has 2 heterocycles. The molecule has 2 aromatic heterocycles. The maximum absolute atomic E-state index is 4.52. The standard InChI is InChI=1S/C19H21N5/c1-15(16-7-3-2-4-8-16)23-18-11-14-22-19(24-18)21-13-10-17-9-5-6-12-20-17/h2-9,11-12,14-15H,10,13H2,1H3,(H2,21,22,23,24). The van der Waals surface area contributed by atoms with Crippen LogP contribution >= 0.6 is 0 Å². The lowest BCUT2D eigenvalue weighted by molar-refractivity contribution is 0.870. The van der Waals surface area contributed by atoms with Crippen LogP contribution in [0.4, 0.5) is 11.8 Å². The molecule has 5 heteroatoms. The van der Waals surface area contributed by atoms with Gasteiger partial charge >= 0.3 is 0 Å². The molecule has 5 nitrogen and oxygen atoms in total. The first kappa shape index (κ1) is 15.9. The highest BCUT2D eigenvalue weighted by Crippen LogP contribution is 2.17. The van der Waals surface area contributed by atoms with Crippen molar-refractivity contribution >= 4 is 11.8 Å². The Kier molecular flexibility index (Phi) is 5.35. The highest BCUT2D eigenvalue weighted by atomic mass is 15.1. The van der Waals surface area contributed by atoms with Crippen molar-refractivity contribution < 1.29 is 0 Å². The van der Waals surface area contributed by atoms with E-state index in [1.807, 2.05) is 42.5 Å². The molecule has 1 atom stereocenters. The van der Waals surface area contributed by atoms with Gasteiger partial charge in [0.1, 0.15) is 5.82 Å². The number of rotatable bonds is 7. The van der Waals surface area contributed by atoms with Crippen LogP contribution in [-0.4, -0.2) is 21.5 Å². The van der Waals surface area contributed by atoms with Gasteiger partial charge in [-0.2, -0.15) is 4.98 Å². The summed E-state index contributed by atoms with van der Waals surface area (Å²) in [6.07, 6.45) is 4.40. The van der Waals surface area contributed by atoms with Crippen LogP contribution < -0.4 is 10.6 Å². The number of hydrogen-bond acceptors (Lipinski definition) is 5. The van der Waals surface area contributed by atoms with Crippen LogP contribution in [0.25, 0.3) is 0 Å². The van der Waals surface area contributed by atoms with Crippen molar-refractivity contribution in [3.63, 3.8) is 0 Å². The second-order valence-electron chi connectivity index (χ2n) is 5.54. The third-order valence-electron chi connectivity index (χ3n) is 3.71. The van der Waals surface area contributed by atoms with Crippen LogP contribution in [0.2, 0.25) is 0 Å². The van der Waals surface area contributed by atoms with Gasteiger partial charge in [-0.15, -0.1) is 0 Å². The van der Waals surface area contributed by atoms with Gasteiger partial charge in [0.05, 0.1) is 0 Å². The van der Waals surface area contributed by atoms with Gasteiger partial charge in [0.15, 0.2) is 0 Å². The number of aromatic nitrogens is 3. The Morgan fingerprint density at radius 2 is 1.75 bits per heavy atom. The van der Waals surface area contributed by atoms with Crippen LogP contribution in [-0.2, 0) is 6.42 Å². The van der Waals surface area contributed by atoms with E-state index >= 15 is 0 Å². The van der Waals surface area contributed by atoms with E-state index in [4.69, 9.17) is 0 Å². The first-order valence-electron chi connectivity index (χ1n) is 8.09. The molecule has 122 valence electrons. The summed E-state index contributed by atoms with van der Waals surface area (Å²) in [5.74, 6) is 1.43. The molecule has 24 heavy (non-hydrogen) atoms. The predicted octanol–water partition coefficient (Wildman–Crippen LogP) is 3.70. The van der Waals surface area contributed by atoms with Crippen LogP contribution in [0, 0.1) is 0 Å². The fourth-order valence-corrected chi connectivity index (χ4v) is 2.42. The van der Waals surface area contributed by atoms with E-state index in [1.165, 1.54) is 5.56 Å². The molecule has 0 aliphatic heterocycles.